The summed E-state index contributed by atoms with van der Waals surface area (Å²) in [4.78, 5) is 27.2. The lowest BCUT2D eigenvalue weighted by atomic mass is 9.82. The van der Waals surface area contributed by atoms with Gasteiger partial charge < -0.3 is 14.7 Å². The summed E-state index contributed by atoms with van der Waals surface area (Å²) in [6.45, 7) is 8.39. The number of aliphatic hydroxyl groups excluding tert-OH is 1. The molecule has 1 aromatic carbocycles. The summed E-state index contributed by atoms with van der Waals surface area (Å²) < 4.78 is 5.08. The molecule has 1 unspecified atom stereocenters. The molecule has 1 amide bonds. The van der Waals surface area contributed by atoms with E-state index in [-0.39, 0.29) is 11.4 Å². The second kappa shape index (κ2) is 8.04. The summed E-state index contributed by atoms with van der Waals surface area (Å²) in [7, 11) is 1.61. The van der Waals surface area contributed by atoms with Gasteiger partial charge in [-0.05, 0) is 24.0 Å². The molecule has 1 aliphatic rings. The number of rotatable bonds is 7. The third-order valence-corrected chi connectivity index (χ3v) is 4.68. The molecule has 0 saturated heterocycles. The van der Waals surface area contributed by atoms with E-state index in [1.807, 2.05) is 24.3 Å². The van der Waals surface area contributed by atoms with Crippen molar-refractivity contribution in [2.24, 2.45) is 5.41 Å². The first-order valence-electron chi connectivity index (χ1n) is 9.09. The topological polar surface area (TPSA) is 66.8 Å². The quantitative estimate of drug-likeness (QED) is 0.756. The molecule has 1 N–H and O–H groups in total. The second-order valence-electron chi connectivity index (χ2n) is 7.68. The van der Waals surface area contributed by atoms with Crippen molar-refractivity contribution in [3.05, 3.63) is 46.7 Å². The summed E-state index contributed by atoms with van der Waals surface area (Å²) in [6, 6.07) is 7.32. The van der Waals surface area contributed by atoms with Crippen LogP contribution in [-0.4, -0.2) is 42.0 Å². The van der Waals surface area contributed by atoms with Crippen molar-refractivity contribution < 1.29 is 19.4 Å². The van der Waals surface area contributed by atoms with Crippen LogP contribution in [0.15, 0.2) is 35.6 Å². The minimum Gasteiger partial charge on any atom is -0.503 e. The van der Waals surface area contributed by atoms with Gasteiger partial charge in [-0.25, -0.2) is 0 Å². The Morgan fingerprint density at radius 2 is 1.85 bits per heavy atom. The number of ketones is 1. The zero-order chi connectivity index (χ0) is 19.5. The van der Waals surface area contributed by atoms with E-state index in [2.05, 4.69) is 6.92 Å². The monoisotopic (exact) mass is 359 g/mol. The Balaban J connectivity index is 2.48. The Kier molecular flexibility index (Phi) is 6.24. The van der Waals surface area contributed by atoms with Gasteiger partial charge in [-0.2, -0.15) is 0 Å². The van der Waals surface area contributed by atoms with Gasteiger partial charge in [0.2, 0.25) is 0 Å². The van der Waals surface area contributed by atoms with Crippen LogP contribution < -0.4 is 0 Å². The largest absolute Gasteiger partial charge is 0.503 e. The molecule has 0 spiro atoms. The molecule has 2 rings (SSSR count). The molecule has 1 aromatic rings. The van der Waals surface area contributed by atoms with E-state index < -0.39 is 23.1 Å². The first-order chi connectivity index (χ1) is 12.2. The summed E-state index contributed by atoms with van der Waals surface area (Å²) >= 11 is 0. The Hall–Kier alpha value is -2.14. The third kappa shape index (κ3) is 3.98. The highest BCUT2D eigenvalue weighted by Crippen LogP contribution is 2.40. The molecule has 1 aliphatic heterocycles. The van der Waals surface area contributed by atoms with E-state index in [0.29, 0.717) is 19.6 Å². The van der Waals surface area contributed by atoms with E-state index in [4.69, 9.17) is 4.74 Å². The van der Waals surface area contributed by atoms with Gasteiger partial charge in [-0.3, -0.25) is 9.59 Å². The van der Waals surface area contributed by atoms with Crippen molar-refractivity contribution in [2.45, 2.75) is 46.6 Å². The molecular formula is C21H29NO4. The lowest BCUT2D eigenvalue weighted by molar-refractivity contribution is -0.129. The second-order valence-corrected chi connectivity index (χ2v) is 7.68. The van der Waals surface area contributed by atoms with Crippen LogP contribution in [0, 0.1) is 5.41 Å². The van der Waals surface area contributed by atoms with Crippen molar-refractivity contribution in [1.82, 2.24) is 4.90 Å². The molecule has 142 valence electrons. The van der Waals surface area contributed by atoms with Crippen LogP contribution in [-0.2, 0) is 20.7 Å². The van der Waals surface area contributed by atoms with E-state index in [9.17, 15) is 14.7 Å². The summed E-state index contributed by atoms with van der Waals surface area (Å²) in [5, 5.41) is 10.5. The van der Waals surface area contributed by atoms with Crippen molar-refractivity contribution in [3.63, 3.8) is 0 Å². The Bertz CT molecular complexity index is 698. The number of ether oxygens (including phenoxy) is 1. The molecule has 0 aromatic heterocycles. The average molecular weight is 359 g/mol. The molecule has 0 bridgehead atoms. The molecule has 0 fully saturated rings. The predicted octanol–water partition coefficient (Wildman–Crippen LogP) is 3.60. The average Bonchev–Trinajstić information content (AvgIpc) is 2.85. The smallest absolute Gasteiger partial charge is 0.290 e. The van der Waals surface area contributed by atoms with Gasteiger partial charge in [0.25, 0.3) is 5.91 Å². The number of carbonyl (C=O) groups is 2. The van der Waals surface area contributed by atoms with Gasteiger partial charge >= 0.3 is 0 Å². The first-order valence-corrected chi connectivity index (χ1v) is 9.09. The Labute approximate surface area is 155 Å². The van der Waals surface area contributed by atoms with Crippen molar-refractivity contribution in [2.75, 3.05) is 20.3 Å². The molecular weight excluding hydrogens is 330 g/mol. The van der Waals surface area contributed by atoms with Crippen LogP contribution in [0.3, 0.4) is 0 Å². The van der Waals surface area contributed by atoms with Crippen LogP contribution in [0.4, 0.5) is 0 Å². The van der Waals surface area contributed by atoms with E-state index in [0.717, 1.165) is 12.0 Å². The van der Waals surface area contributed by atoms with Crippen LogP contribution in [0.1, 0.15) is 51.3 Å². The van der Waals surface area contributed by atoms with Crippen molar-refractivity contribution in [3.8, 4) is 0 Å². The lowest BCUT2D eigenvalue weighted by Gasteiger charge is -2.29. The fraction of sp³-hybridized carbons (Fsp3) is 0.524. The lowest BCUT2D eigenvalue weighted by Crippen LogP contribution is -2.34. The Morgan fingerprint density at radius 3 is 2.35 bits per heavy atom. The number of hydrogen-bond donors (Lipinski definition) is 1. The van der Waals surface area contributed by atoms with Crippen molar-refractivity contribution in [1.29, 1.82) is 0 Å². The normalized spacial score (nSPS) is 18.0. The standard InChI is InChI=1S/C21H29NO4/c1-6-14-8-10-15(11-9-14)17-16(19(24)21(2,3)4)18(23)20(25)22(17)12-7-13-26-5/h8-11,17,23H,6-7,12-13H2,1-5H3. The highest BCUT2D eigenvalue weighted by atomic mass is 16.5. The SMILES string of the molecule is CCc1ccc(C2C(C(=O)C(C)(C)C)=C(O)C(=O)N2CCCOC)cc1. The van der Waals surface area contributed by atoms with Gasteiger partial charge in [-0.15, -0.1) is 0 Å². The maximum Gasteiger partial charge on any atom is 0.290 e. The molecule has 5 heteroatoms. The number of hydrogen-bond acceptors (Lipinski definition) is 4. The highest BCUT2D eigenvalue weighted by molar-refractivity contribution is 6.10. The Morgan fingerprint density at radius 1 is 1.23 bits per heavy atom. The van der Waals surface area contributed by atoms with Gasteiger partial charge in [0.1, 0.15) is 0 Å². The molecule has 0 radical (unpaired) electrons. The minimum absolute atomic E-state index is 0.198. The maximum absolute atomic E-state index is 13.0. The molecule has 1 heterocycles. The van der Waals surface area contributed by atoms with Gasteiger partial charge in [-0.1, -0.05) is 52.0 Å². The zero-order valence-electron chi connectivity index (χ0n) is 16.3. The maximum atomic E-state index is 13.0. The van der Waals surface area contributed by atoms with Crippen LogP contribution in [0.5, 0.6) is 0 Å². The molecule has 26 heavy (non-hydrogen) atoms. The third-order valence-electron chi connectivity index (χ3n) is 4.68. The number of Topliss-reactive ketones (excluding diaryl/α,β-unsaturated/α-hetero) is 1. The number of amides is 1. The van der Waals surface area contributed by atoms with Crippen LogP contribution in [0.25, 0.3) is 0 Å². The summed E-state index contributed by atoms with van der Waals surface area (Å²) in [5.41, 5.74) is 1.53. The minimum atomic E-state index is -0.687. The van der Waals surface area contributed by atoms with Crippen molar-refractivity contribution >= 4 is 11.7 Å². The van der Waals surface area contributed by atoms with E-state index in [1.54, 1.807) is 32.8 Å². The number of aliphatic hydroxyl groups is 1. The fourth-order valence-corrected chi connectivity index (χ4v) is 3.18. The number of aryl methyl sites for hydroxylation is 1. The predicted molar refractivity (Wildman–Crippen MR) is 101 cm³/mol. The van der Waals surface area contributed by atoms with E-state index in [1.165, 1.54) is 5.56 Å². The molecule has 0 saturated carbocycles. The number of carbonyl (C=O) groups excluding carboxylic acids is 2. The number of methoxy groups -OCH3 is 1. The van der Waals surface area contributed by atoms with Gasteiger partial charge in [0.05, 0.1) is 11.6 Å². The molecule has 5 nitrogen and oxygen atoms in total. The fourth-order valence-electron chi connectivity index (χ4n) is 3.18. The highest BCUT2D eigenvalue weighted by Gasteiger charge is 2.45. The zero-order valence-corrected chi connectivity index (χ0v) is 16.3. The van der Waals surface area contributed by atoms with Crippen LogP contribution >= 0.6 is 0 Å². The molecule has 1 atom stereocenters. The van der Waals surface area contributed by atoms with E-state index >= 15 is 0 Å². The first kappa shape index (κ1) is 20.2. The number of benzene rings is 1. The number of nitrogens with zero attached hydrogens (tertiary/aromatic N) is 1. The summed E-state index contributed by atoms with van der Waals surface area (Å²) in [6.07, 6.45) is 1.55. The summed E-state index contributed by atoms with van der Waals surface area (Å²) in [5.74, 6) is -1.12. The van der Waals surface area contributed by atoms with Gasteiger partial charge in [0, 0.05) is 25.7 Å². The van der Waals surface area contributed by atoms with Gasteiger partial charge in [0.15, 0.2) is 11.5 Å². The molecule has 0 aliphatic carbocycles. The van der Waals surface area contributed by atoms with Crippen LogP contribution in [0.2, 0.25) is 0 Å².